The lowest BCUT2D eigenvalue weighted by atomic mass is 10.6. The van der Waals surface area contributed by atoms with Gasteiger partial charge in [-0.15, -0.1) is 0 Å². The molecule has 0 rings (SSSR count). The zero-order chi connectivity index (χ0) is 17.6. The molecule has 5 nitrogen and oxygen atoms in total. The first-order chi connectivity index (χ1) is 11.1. The van der Waals surface area contributed by atoms with Crippen molar-refractivity contribution in [1.29, 1.82) is 0 Å². The summed E-state index contributed by atoms with van der Waals surface area (Å²) in [4.78, 5) is 0. The Morgan fingerprint density at radius 3 is 1.39 bits per heavy atom. The molecule has 0 bridgehead atoms. The van der Waals surface area contributed by atoms with Crippen LogP contribution in [0.15, 0.2) is 0 Å². The van der Waals surface area contributed by atoms with E-state index in [-0.39, 0.29) is 0 Å². The van der Waals surface area contributed by atoms with Crippen LogP contribution in [0.3, 0.4) is 0 Å². The molecule has 0 saturated heterocycles. The maximum atomic E-state index is 6.15. The summed E-state index contributed by atoms with van der Waals surface area (Å²) in [5, 5.41) is 0.965. The molecule has 0 unspecified atom stereocenters. The maximum Gasteiger partial charge on any atom is 0.500 e. The molecule has 0 heterocycles. The van der Waals surface area contributed by atoms with Crippen molar-refractivity contribution in [3.63, 3.8) is 0 Å². The normalized spacial score (nSPS) is 12.8. The summed E-state index contributed by atoms with van der Waals surface area (Å²) < 4.78 is 30.2. The van der Waals surface area contributed by atoms with Gasteiger partial charge in [0.15, 0.2) is 0 Å². The van der Waals surface area contributed by atoms with Gasteiger partial charge in [0.25, 0.3) is 0 Å². The van der Waals surface area contributed by atoms with Crippen LogP contribution in [0.2, 0.25) is 18.1 Å². The van der Waals surface area contributed by atoms with Gasteiger partial charge in [-0.25, -0.2) is 0 Å². The van der Waals surface area contributed by atoms with Gasteiger partial charge in [0.1, 0.15) is 0 Å². The maximum absolute atomic E-state index is 6.15. The number of hydrogen-bond donors (Lipinski definition) is 0. The van der Waals surface area contributed by atoms with Gasteiger partial charge in [0.2, 0.25) is 0 Å². The highest BCUT2D eigenvalue weighted by atomic mass is 79.9. The van der Waals surface area contributed by atoms with Crippen LogP contribution < -0.4 is 0 Å². The third-order valence-electron chi connectivity index (χ3n) is 3.41. The van der Waals surface area contributed by atoms with E-state index in [9.17, 15) is 0 Å². The number of halogens is 1. The van der Waals surface area contributed by atoms with E-state index in [0.29, 0.717) is 33.0 Å². The average molecular weight is 432 g/mol. The Morgan fingerprint density at radius 2 is 1.04 bits per heavy atom. The predicted octanol–water partition coefficient (Wildman–Crippen LogP) is 4.34. The quantitative estimate of drug-likeness (QED) is 0.269. The van der Waals surface area contributed by atoms with E-state index in [1.54, 1.807) is 0 Å². The largest absolute Gasteiger partial charge is 0.500 e. The zero-order valence-electron chi connectivity index (χ0n) is 15.5. The Bertz CT molecular complexity index is 262. The first kappa shape index (κ1) is 23.7. The number of rotatable bonds is 16. The first-order valence-corrected chi connectivity index (χ1v) is 14.1. The Morgan fingerprint density at radius 1 is 0.609 bits per heavy atom. The van der Waals surface area contributed by atoms with Crippen LogP contribution in [-0.2, 0) is 22.1 Å². The molecule has 0 aromatic heterocycles. The van der Waals surface area contributed by atoms with Crippen LogP contribution in [0.1, 0.15) is 41.0 Å². The molecule has 0 aromatic carbocycles. The third-order valence-corrected chi connectivity index (χ3v) is 11.3. The lowest BCUT2D eigenvalue weighted by Gasteiger charge is -2.34. The molecule has 0 saturated carbocycles. The molecule has 0 aliphatic rings. The highest BCUT2D eigenvalue weighted by Gasteiger charge is 2.46. The minimum absolute atomic E-state index is 0.603. The van der Waals surface area contributed by atoms with Gasteiger partial charge < -0.3 is 22.1 Å². The van der Waals surface area contributed by atoms with E-state index in [4.69, 9.17) is 22.1 Å². The minimum atomic E-state index is -2.64. The molecular formula is C15H35BrO5Si2. The molecular weight excluding hydrogens is 396 g/mol. The zero-order valence-corrected chi connectivity index (χ0v) is 19.1. The molecule has 23 heavy (non-hydrogen) atoms. The van der Waals surface area contributed by atoms with Gasteiger partial charge in [-0.05, 0) is 53.1 Å². The Balaban J connectivity index is 5.09. The van der Waals surface area contributed by atoms with E-state index in [2.05, 4.69) is 15.9 Å². The third kappa shape index (κ3) is 9.11. The minimum Gasteiger partial charge on any atom is -0.394 e. The Labute approximate surface area is 153 Å². The van der Waals surface area contributed by atoms with Crippen LogP contribution in [0, 0.1) is 0 Å². The molecule has 140 valence electrons. The molecule has 0 N–H and O–H groups in total. The van der Waals surface area contributed by atoms with Crippen LogP contribution in [0.25, 0.3) is 0 Å². The van der Waals surface area contributed by atoms with E-state index in [1.807, 2.05) is 34.6 Å². The predicted molar refractivity (Wildman–Crippen MR) is 102 cm³/mol. The van der Waals surface area contributed by atoms with Gasteiger partial charge in [-0.3, -0.25) is 0 Å². The Kier molecular flexibility index (Phi) is 14.4. The molecule has 0 aliphatic heterocycles. The molecule has 0 radical (unpaired) electrons. The van der Waals surface area contributed by atoms with E-state index < -0.39 is 17.4 Å². The van der Waals surface area contributed by atoms with Crippen LogP contribution in [0.5, 0.6) is 0 Å². The summed E-state index contributed by atoms with van der Waals surface area (Å²) in [5.74, 6) is 0. The van der Waals surface area contributed by atoms with Crippen molar-refractivity contribution in [1.82, 2.24) is 0 Å². The van der Waals surface area contributed by atoms with Crippen molar-refractivity contribution in [2.24, 2.45) is 0 Å². The summed E-state index contributed by atoms with van der Waals surface area (Å²) in [7, 11) is -4.89. The molecule has 0 aliphatic carbocycles. The number of hydrogen-bond acceptors (Lipinski definition) is 5. The number of alkyl halides is 1. The van der Waals surface area contributed by atoms with Crippen molar-refractivity contribution in [3.8, 4) is 0 Å². The summed E-state index contributed by atoms with van der Waals surface area (Å²) >= 11 is 3.52. The SMILES string of the molecule is CCO[Si](CCCBr)(CC[Si](OCC)(OCC)OCC)OCC. The summed E-state index contributed by atoms with van der Waals surface area (Å²) in [5.41, 5.74) is 0. The summed E-state index contributed by atoms with van der Waals surface area (Å²) in [6.45, 7) is 13.2. The van der Waals surface area contributed by atoms with Crippen molar-refractivity contribution < 1.29 is 22.1 Å². The molecule has 0 spiro atoms. The van der Waals surface area contributed by atoms with Crippen molar-refractivity contribution in [3.05, 3.63) is 0 Å². The van der Waals surface area contributed by atoms with Crippen LogP contribution in [-0.4, -0.2) is 55.7 Å². The molecule has 0 fully saturated rings. The average Bonchev–Trinajstić information content (AvgIpc) is 2.52. The fraction of sp³-hybridized carbons (Fsp3) is 1.00. The van der Waals surface area contributed by atoms with E-state index >= 15 is 0 Å². The second kappa shape index (κ2) is 13.9. The van der Waals surface area contributed by atoms with E-state index in [0.717, 1.165) is 29.9 Å². The van der Waals surface area contributed by atoms with Gasteiger partial charge >= 0.3 is 17.4 Å². The van der Waals surface area contributed by atoms with Crippen molar-refractivity contribution in [2.45, 2.75) is 59.2 Å². The summed E-state index contributed by atoms with van der Waals surface area (Å²) in [6, 6.07) is 2.60. The lowest BCUT2D eigenvalue weighted by Crippen LogP contribution is -2.50. The standard InChI is InChI=1S/C15H35BrO5Si2/c1-6-17-22(18-7-2,13-11-12-16)14-15-23(19-8-3,20-9-4)21-10-5/h6-15H2,1-5H3. The molecule has 0 amide bonds. The topological polar surface area (TPSA) is 46.2 Å². The van der Waals surface area contributed by atoms with Gasteiger partial charge in [-0.2, -0.15) is 0 Å². The monoisotopic (exact) mass is 430 g/mol. The van der Waals surface area contributed by atoms with Crippen LogP contribution >= 0.6 is 15.9 Å². The van der Waals surface area contributed by atoms with Gasteiger partial charge in [0, 0.05) is 44.4 Å². The Hall–Kier alpha value is 0.714. The van der Waals surface area contributed by atoms with Crippen molar-refractivity contribution in [2.75, 3.05) is 38.4 Å². The fourth-order valence-electron chi connectivity index (χ4n) is 2.66. The smallest absolute Gasteiger partial charge is 0.394 e. The lowest BCUT2D eigenvalue weighted by molar-refractivity contribution is 0.0711. The van der Waals surface area contributed by atoms with Crippen molar-refractivity contribution >= 4 is 33.3 Å². The summed E-state index contributed by atoms with van der Waals surface area (Å²) in [6.07, 6.45) is 1.05. The van der Waals surface area contributed by atoms with Gasteiger partial charge in [-0.1, -0.05) is 15.9 Å². The van der Waals surface area contributed by atoms with Gasteiger partial charge in [0.05, 0.1) is 0 Å². The van der Waals surface area contributed by atoms with E-state index in [1.165, 1.54) is 0 Å². The van der Waals surface area contributed by atoms with Crippen LogP contribution in [0.4, 0.5) is 0 Å². The highest BCUT2D eigenvalue weighted by Crippen LogP contribution is 2.29. The molecule has 8 heteroatoms. The highest BCUT2D eigenvalue weighted by molar-refractivity contribution is 9.09. The second-order valence-corrected chi connectivity index (χ2v) is 12.0. The fourth-order valence-corrected chi connectivity index (χ4v) is 10.9. The molecule has 0 aromatic rings. The molecule has 0 atom stereocenters. The first-order valence-electron chi connectivity index (χ1n) is 8.83. The second-order valence-electron chi connectivity index (χ2n) is 5.05.